The Kier molecular flexibility index (Phi) is 23.5. The molecule has 4 N–H and O–H groups in total. The summed E-state index contributed by atoms with van der Waals surface area (Å²) >= 11 is 0. The third-order valence-electron chi connectivity index (χ3n) is 5.06. The molecule has 11 nitrogen and oxygen atoms in total. The maximum absolute atomic E-state index is 11.4. The lowest BCUT2D eigenvalue weighted by Crippen LogP contribution is -2.49. The number of carbonyl (C=O) groups excluding carboxylic acids is 3. The van der Waals surface area contributed by atoms with Crippen molar-refractivity contribution in [2.45, 2.75) is 52.4 Å². The molecule has 0 radical (unpaired) electrons. The molecule has 0 atom stereocenters. The van der Waals surface area contributed by atoms with Crippen LogP contribution in [0.25, 0.3) is 0 Å². The molecule has 0 aliphatic carbocycles. The van der Waals surface area contributed by atoms with E-state index in [4.69, 9.17) is 5.11 Å². The van der Waals surface area contributed by atoms with Crippen LogP contribution in [0.15, 0.2) is 24.3 Å². The van der Waals surface area contributed by atoms with E-state index in [1.807, 2.05) is 66.3 Å². The van der Waals surface area contributed by atoms with Crippen LogP contribution in [-0.4, -0.2) is 111 Å². The lowest BCUT2D eigenvalue weighted by molar-refractivity contribution is -0.884. The molecule has 0 unspecified atom stereocenters. The molecule has 0 heterocycles. The van der Waals surface area contributed by atoms with Crippen molar-refractivity contribution in [2.24, 2.45) is 0 Å². The fourth-order valence-electron chi connectivity index (χ4n) is 3.20. The minimum Gasteiger partial charge on any atom is -0.870 e. The van der Waals surface area contributed by atoms with E-state index in [9.17, 15) is 24.3 Å². The van der Waals surface area contributed by atoms with Crippen LogP contribution in [0.1, 0.15) is 52.4 Å². The minimum atomic E-state index is -1.05. The highest BCUT2D eigenvalue weighted by atomic mass is 16.4. The quantitative estimate of drug-likeness (QED) is 0.132. The molecular formula is C26H50N4O7. The van der Waals surface area contributed by atoms with Crippen LogP contribution in [0.5, 0.6) is 0 Å². The Hall–Kier alpha value is -2.76. The Labute approximate surface area is 222 Å². The molecule has 0 aliphatic heterocycles. The summed E-state index contributed by atoms with van der Waals surface area (Å²) in [7, 11) is 7.42. The van der Waals surface area contributed by atoms with Crippen LogP contribution < -0.4 is 15.7 Å². The normalized spacial score (nSPS) is 11.4. The van der Waals surface area contributed by atoms with Crippen molar-refractivity contribution in [3.8, 4) is 0 Å². The topological polar surface area (TPSA) is 166 Å². The van der Waals surface area contributed by atoms with Crippen molar-refractivity contribution in [3.05, 3.63) is 24.3 Å². The van der Waals surface area contributed by atoms with Gasteiger partial charge in [0.05, 0.1) is 47.2 Å². The van der Waals surface area contributed by atoms with E-state index < -0.39 is 11.9 Å². The third-order valence-corrected chi connectivity index (χ3v) is 5.06. The number of quaternary nitrogens is 2. The van der Waals surface area contributed by atoms with E-state index in [0.717, 1.165) is 32.2 Å². The summed E-state index contributed by atoms with van der Waals surface area (Å²) in [6, 6.07) is 0. The first-order valence-electron chi connectivity index (χ1n) is 12.6. The fourth-order valence-corrected chi connectivity index (χ4v) is 3.20. The van der Waals surface area contributed by atoms with Gasteiger partial charge in [-0.15, -0.1) is 0 Å². The predicted molar refractivity (Wildman–Crippen MR) is 142 cm³/mol. The van der Waals surface area contributed by atoms with E-state index in [1.165, 1.54) is 0 Å². The zero-order valence-corrected chi connectivity index (χ0v) is 23.6. The molecule has 0 spiro atoms. The molecule has 37 heavy (non-hydrogen) atoms. The molecule has 0 aromatic rings. The van der Waals surface area contributed by atoms with Crippen LogP contribution in [0.4, 0.5) is 0 Å². The number of hydrogen-bond donors (Lipinski definition) is 3. The summed E-state index contributed by atoms with van der Waals surface area (Å²) < 4.78 is 0.800. The summed E-state index contributed by atoms with van der Waals surface area (Å²) in [6.45, 7) is 6.74. The Balaban J connectivity index is -0.000000608. The van der Waals surface area contributed by atoms with Gasteiger partial charge in [-0.25, -0.2) is 4.79 Å². The maximum Gasteiger partial charge on any atom is 0.359 e. The number of carbonyl (C=O) groups is 4. The van der Waals surface area contributed by atoms with Crippen LogP contribution in [0.2, 0.25) is 0 Å². The lowest BCUT2D eigenvalue weighted by atomic mass is 10.3. The number of hydrogen-bond acceptors (Lipinski definition) is 6. The molecule has 0 aliphatic rings. The van der Waals surface area contributed by atoms with Crippen LogP contribution in [0, 0.1) is 0 Å². The average molecular weight is 531 g/mol. The standard InChI is InChI=1S/2C13H24N2O3.H2O/c2*1-4-5-6-8-12(16)14-9-7-10-15(2,3)11-13(17)18;/h2*5-6H,4,7-11H2,1-3H3,(H-,14,16,17,18);1H2/b2*6-5-;. The van der Waals surface area contributed by atoms with Gasteiger partial charge in [0.1, 0.15) is 6.54 Å². The van der Waals surface area contributed by atoms with Crippen molar-refractivity contribution in [1.82, 2.24) is 10.6 Å². The Bertz CT molecular complexity index is 660. The highest BCUT2D eigenvalue weighted by Gasteiger charge is 2.18. The van der Waals surface area contributed by atoms with Crippen molar-refractivity contribution < 1.29 is 43.8 Å². The highest BCUT2D eigenvalue weighted by Crippen LogP contribution is 1.99. The van der Waals surface area contributed by atoms with Gasteiger partial charge < -0.3 is 40.1 Å². The summed E-state index contributed by atoms with van der Waals surface area (Å²) in [5.74, 6) is -1.82. The maximum atomic E-state index is 11.4. The number of likely N-dealkylation sites (N-methyl/N-ethyl adjacent to an activating group) is 2. The van der Waals surface area contributed by atoms with Gasteiger partial charge in [-0.05, 0) is 12.8 Å². The number of rotatable bonds is 18. The number of carboxylic acids is 2. The van der Waals surface area contributed by atoms with Crippen molar-refractivity contribution in [2.75, 3.05) is 67.5 Å². The highest BCUT2D eigenvalue weighted by molar-refractivity contribution is 5.77. The third kappa shape index (κ3) is 29.4. The fraction of sp³-hybridized carbons (Fsp3) is 0.692. The summed E-state index contributed by atoms with van der Waals surface area (Å²) in [5, 5.41) is 24.8. The first kappa shape index (κ1) is 38.8. The van der Waals surface area contributed by atoms with Crippen molar-refractivity contribution in [3.63, 3.8) is 0 Å². The van der Waals surface area contributed by atoms with E-state index in [1.54, 1.807) is 0 Å². The Morgan fingerprint density at radius 1 is 0.730 bits per heavy atom. The first-order chi connectivity index (χ1) is 16.7. The number of carboxylic acid groups (broad SMARTS) is 2. The Morgan fingerprint density at radius 3 is 1.43 bits per heavy atom. The molecule has 0 saturated carbocycles. The SMILES string of the molecule is CC/C=C\CC(=O)NCCC[N+](C)(C)CC(=O)O.CC/C=C\CC(=O)NCCC[N+](C)(C)CC(=O)[O-].[OH-]. The average Bonchev–Trinajstić information content (AvgIpc) is 2.73. The second kappa shape index (κ2) is 22.4. The van der Waals surface area contributed by atoms with Gasteiger partial charge in [0, 0.05) is 38.8 Å². The molecular weight excluding hydrogens is 480 g/mol. The number of allylic oxidation sites excluding steroid dienone is 2. The number of nitrogens with one attached hydrogen (secondary N) is 2. The molecule has 0 aromatic carbocycles. The Morgan fingerprint density at radius 2 is 1.11 bits per heavy atom. The van der Waals surface area contributed by atoms with Gasteiger partial charge in [0.25, 0.3) is 0 Å². The summed E-state index contributed by atoms with van der Waals surface area (Å²) in [6.07, 6.45) is 11.9. The van der Waals surface area contributed by atoms with Gasteiger partial charge in [-0.3, -0.25) is 9.59 Å². The van der Waals surface area contributed by atoms with E-state index >= 15 is 0 Å². The van der Waals surface area contributed by atoms with Gasteiger partial charge in [0.15, 0.2) is 6.54 Å². The van der Waals surface area contributed by atoms with Gasteiger partial charge >= 0.3 is 5.97 Å². The smallest absolute Gasteiger partial charge is 0.359 e. The van der Waals surface area contributed by atoms with Crippen molar-refractivity contribution >= 4 is 23.8 Å². The second-order valence-electron chi connectivity index (χ2n) is 9.98. The summed E-state index contributed by atoms with van der Waals surface area (Å²) in [5.41, 5.74) is 0. The number of amides is 2. The van der Waals surface area contributed by atoms with Gasteiger partial charge in [-0.2, -0.15) is 0 Å². The zero-order valence-electron chi connectivity index (χ0n) is 23.6. The van der Waals surface area contributed by atoms with Gasteiger partial charge in [0.2, 0.25) is 11.8 Å². The molecule has 0 saturated heterocycles. The second-order valence-corrected chi connectivity index (χ2v) is 9.98. The van der Waals surface area contributed by atoms with Gasteiger partial charge in [-0.1, -0.05) is 38.2 Å². The predicted octanol–water partition coefficient (Wildman–Crippen LogP) is 0.509. The van der Waals surface area contributed by atoms with Crippen LogP contribution >= 0.6 is 0 Å². The minimum absolute atomic E-state index is 0. The first-order valence-corrected chi connectivity index (χ1v) is 12.6. The molecule has 11 heteroatoms. The van der Waals surface area contributed by atoms with Crippen LogP contribution in [0.3, 0.4) is 0 Å². The zero-order chi connectivity index (χ0) is 28.0. The monoisotopic (exact) mass is 530 g/mol. The van der Waals surface area contributed by atoms with Crippen molar-refractivity contribution in [1.29, 1.82) is 0 Å². The number of aliphatic carboxylic acids is 2. The molecule has 2 amide bonds. The molecule has 0 bridgehead atoms. The van der Waals surface area contributed by atoms with E-state index in [2.05, 4.69) is 10.6 Å². The van der Waals surface area contributed by atoms with Crippen LogP contribution in [-0.2, 0) is 19.2 Å². The molecule has 0 aromatic heterocycles. The molecule has 0 fully saturated rings. The molecule has 0 rings (SSSR count). The molecule has 216 valence electrons. The largest absolute Gasteiger partial charge is 0.870 e. The van der Waals surface area contributed by atoms with E-state index in [0.29, 0.717) is 41.4 Å². The van der Waals surface area contributed by atoms with E-state index in [-0.39, 0.29) is 30.4 Å². The lowest BCUT2D eigenvalue weighted by Gasteiger charge is -2.30. The number of nitrogens with zero attached hydrogens (tertiary/aromatic N) is 2. The summed E-state index contributed by atoms with van der Waals surface area (Å²) in [4.78, 5) is 43.8.